The summed E-state index contributed by atoms with van der Waals surface area (Å²) in [7, 11) is 2.86. The highest BCUT2D eigenvalue weighted by Crippen LogP contribution is 2.09. The fraction of sp³-hybridized carbons (Fsp3) is 0.692. The van der Waals surface area contributed by atoms with Crippen molar-refractivity contribution in [1.82, 2.24) is 20.3 Å². The Morgan fingerprint density at radius 1 is 1.38 bits per heavy atom. The van der Waals surface area contributed by atoms with Crippen LogP contribution in [0.5, 0.6) is 0 Å². The lowest BCUT2D eigenvalue weighted by molar-refractivity contribution is -0.122. The molecule has 0 aromatic carbocycles. The third-order valence-electron chi connectivity index (χ3n) is 2.82. The van der Waals surface area contributed by atoms with Crippen LogP contribution in [0.1, 0.15) is 36.5 Å². The Morgan fingerprint density at radius 2 is 2.10 bits per heavy atom. The first-order chi connectivity index (χ1) is 10.0. The highest BCUT2D eigenvalue weighted by molar-refractivity contribution is 5.88. The zero-order chi connectivity index (χ0) is 15.8. The normalized spacial score (nSPS) is 12.0. The van der Waals surface area contributed by atoms with Gasteiger partial charge in [0.15, 0.2) is 5.69 Å². The lowest BCUT2D eigenvalue weighted by Crippen LogP contribution is -2.38. The molecule has 1 rings (SSSR count). The van der Waals surface area contributed by atoms with Crippen LogP contribution in [0.3, 0.4) is 0 Å². The summed E-state index contributed by atoms with van der Waals surface area (Å²) >= 11 is 0. The molecule has 1 atom stereocenters. The van der Waals surface area contributed by atoms with Crippen LogP contribution in [0.2, 0.25) is 0 Å². The highest BCUT2D eigenvalue weighted by atomic mass is 16.5. The van der Waals surface area contributed by atoms with Crippen molar-refractivity contribution in [3.63, 3.8) is 0 Å². The molecule has 0 bridgehead atoms. The number of ether oxygens (including phenoxy) is 2. The van der Waals surface area contributed by atoms with Gasteiger partial charge in [-0.05, 0) is 13.3 Å². The summed E-state index contributed by atoms with van der Waals surface area (Å²) in [6, 6.07) is -0.0966. The van der Waals surface area contributed by atoms with E-state index in [2.05, 4.69) is 20.4 Å². The molecule has 0 aliphatic rings. The van der Waals surface area contributed by atoms with Crippen molar-refractivity contribution < 1.29 is 19.1 Å². The van der Waals surface area contributed by atoms with Crippen LogP contribution in [0.15, 0.2) is 0 Å². The number of rotatable bonds is 8. The van der Waals surface area contributed by atoms with Gasteiger partial charge in [-0.2, -0.15) is 0 Å². The van der Waals surface area contributed by atoms with Crippen molar-refractivity contribution in [2.45, 2.75) is 39.3 Å². The Balaban J connectivity index is 2.80. The minimum absolute atomic E-state index is 0.00732. The molecule has 1 amide bonds. The second-order valence-corrected chi connectivity index (χ2v) is 4.71. The molecular weight excluding hydrogens is 276 g/mol. The zero-order valence-electron chi connectivity index (χ0n) is 12.9. The van der Waals surface area contributed by atoms with Crippen LogP contribution in [-0.2, 0) is 27.2 Å². The molecule has 118 valence electrons. The molecule has 8 nitrogen and oxygen atoms in total. The average molecular weight is 298 g/mol. The number of methoxy groups -OCH3 is 2. The van der Waals surface area contributed by atoms with Crippen LogP contribution in [0.4, 0.5) is 0 Å². The lowest BCUT2D eigenvalue weighted by atomic mass is 10.2. The molecule has 0 saturated carbocycles. The van der Waals surface area contributed by atoms with Gasteiger partial charge in [-0.25, -0.2) is 9.48 Å². The summed E-state index contributed by atoms with van der Waals surface area (Å²) in [4.78, 5) is 23.5. The largest absolute Gasteiger partial charge is 0.464 e. The van der Waals surface area contributed by atoms with Crippen LogP contribution in [-0.4, -0.2) is 53.7 Å². The smallest absolute Gasteiger partial charge is 0.360 e. The molecule has 0 saturated heterocycles. The fourth-order valence-corrected chi connectivity index (χ4v) is 1.95. The topological polar surface area (TPSA) is 95.3 Å². The first-order valence-corrected chi connectivity index (χ1v) is 6.82. The first kappa shape index (κ1) is 17.1. The van der Waals surface area contributed by atoms with Gasteiger partial charge in [0.2, 0.25) is 5.91 Å². The number of nitrogens with one attached hydrogen (secondary N) is 1. The van der Waals surface area contributed by atoms with Crippen molar-refractivity contribution in [3.05, 3.63) is 11.4 Å². The monoisotopic (exact) mass is 298 g/mol. The molecule has 8 heteroatoms. The molecule has 0 fully saturated rings. The van der Waals surface area contributed by atoms with E-state index in [0.717, 1.165) is 6.42 Å². The number of nitrogens with zero attached hydrogens (tertiary/aromatic N) is 3. The number of carbonyl (C=O) groups is 2. The number of hydrogen-bond acceptors (Lipinski definition) is 6. The number of aromatic nitrogens is 3. The minimum atomic E-state index is -0.544. The number of carbonyl (C=O) groups excluding carboxylic acids is 2. The Labute approximate surface area is 123 Å². The second kappa shape index (κ2) is 8.35. The summed E-state index contributed by atoms with van der Waals surface area (Å²) in [5.74, 6) is -0.754. The Morgan fingerprint density at radius 3 is 2.67 bits per heavy atom. The predicted octanol–water partition coefficient (Wildman–Crippen LogP) is 0.168. The molecule has 0 spiro atoms. The molecule has 1 heterocycles. The van der Waals surface area contributed by atoms with Crippen molar-refractivity contribution in [2.75, 3.05) is 20.8 Å². The molecule has 1 aromatic heterocycles. The number of esters is 1. The average Bonchev–Trinajstić information content (AvgIpc) is 2.81. The molecule has 21 heavy (non-hydrogen) atoms. The van der Waals surface area contributed by atoms with E-state index in [9.17, 15) is 9.59 Å². The molecule has 1 unspecified atom stereocenters. The van der Waals surface area contributed by atoms with Gasteiger partial charge < -0.3 is 14.8 Å². The summed E-state index contributed by atoms with van der Waals surface area (Å²) in [5.41, 5.74) is 0.774. The molecular formula is C13H22N4O4. The van der Waals surface area contributed by atoms with E-state index in [-0.39, 0.29) is 24.2 Å². The molecule has 0 aliphatic carbocycles. The van der Waals surface area contributed by atoms with Crippen LogP contribution >= 0.6 is 0 Å². The van der Waals surface area contributed by atoms with Crippen LogP contribution in [0, 0.1) is 0 Å². The SMILES string of the molecule is CCCc1c(C(=O)OC)nnn1CC(=O)NC(C)COC. The van der Waals surface area contributed by atoms with E-state index < -0.39 is 5.97 Å². The van der Waals surface area contributed by atoms with Crippen LogP contribution in [0.25, 0.3) is 0 Å². The molecule has 0 radical (unpaired) electrons. The Kier molecular flexibility index (Phi) is 6.80. The van der Waals surface area contributed by atoms with Gasteiger partial charge >= 0.3 is 5.97 Å². The maximum Gasteiger partial charge on any atom is 0.360 e. The quantitative estimate of drug-likeness (QED) is 0.687. The third kappa shape index (κ3) is 4.82. The van der Waals surface area contributed by atoms with E-state index in [1.165, 1.54) is 11.8 Å². The predicted molar refractivity (Wildman–Crippen MR) is 74.8 cm³/mol. The number of hydrogen-bond donors (Lipinski definition) is 1. The maximum absolute atomic E-state index is 11.9. The molecule has 1 aromatic rings. The van der Waals surface area contributed by atoms with Gasteiger partial charge in [-0.3, -0.25) is 4.79 Å². The van der Waals surface area contributed by atoms with Crippen molar-refractivity contribution >= 4 is 11.9 Å². The zero-order valence-corrected chi connectivity index (χ0v) is 12.9. The lowest BCUT2D eigenvalue weighted by Gasteiger charge is -2.13. The first-order valence-electron chi connectivity index (χ1n) is 6.82. The van der Waals surface area contributed by atoms with Gasteiger partial charge in [0.05, 0.1) is 19.4 Å². The van der Waals surface area contributed by atoms with E-state index >= 15 is 0 Å². The van der Waals surface area contributed by atoms with E-state index in [1.807, 2.05) is 13.8 Å². The Hall–Kier alpha value is -1.96. The van der Waals surface area contributed by atoms with Gasteiger partial charge in [-0.15, -0.1) is 5.10 Å². The van der Waals surface area contributed by atoms with Crippen LogP contribution < -0.4 is 5.32 Å². The van der Waals surface area contributed by atoms with E-state index in [0.29, 0.717) is 18.7 Å². The highest BCUT2D eigenvalue weighted by Gasteiger charge is 2.21. The second-order valence-electron chi connectivity index (χ2n) is 4.71. The summed E-state index contributed by atoms with van der Waals surface area (Å²) in [5, 5.41) is 10.5. The summed E-state index contributed by atoms with van der Waals surface area (Å²) in [6.07, 6.45) is 1.40. The Bertz CT molecular complexity index is 487. The van der Waals surface area contributed by atoms with Gasteiger partial charge in [0.1, 0.15) is 6.54 Å². The molecule has 0 aliphatic heterocycles. The van der Waals surface area contributed by atoms with Crippen molar-refractivity contribution in [1.29, 1.82) is 0 Å². The van der Waals surface area contributed by atoms with Crippen molar-refractivity contribution in [2.24, 2.45) is 0 Å². The van der Waals surface area contributed by atoms with Gasteiger partial charge in [-0.1, -0.05) is 18.6 Å². The molecule has 1 N–H and O–H groups in total. The third-order valence-corrected chi connectivity index (χ3v) is 2.82. The van der Waals surface area contributed by atoms with Crippen molar-refractivity contribution in [3.8, 4) is 0 Å². The summed E-state index contributed by atoms with van der Waals surface area (Å²) in [6.45, 7) is 4.25. The van der Waals surface area contributed by atoms with E-state index in [1.54, 1.807) is 7.11 Å². The van der Waals surface area contributed by atoms with Gasteiger partial charge in [0, 0.05) is 13.2 Å². The minimum Gasteiger partial charge on any atom is -0.464 e. The summed E-state index contributed by atoms with van der Waals surface area (Å²) < 4.78 is 11.1. The van der Waals surface area contributed by atoms with E-state index in [4.69, 9.17) is 4.74 Å². The standard InChI is InChI=1S/C13H22N4O4/c1-5-6-10-12(13(19)21-4)15-16-17(10)7-11(18)14-9(2)8-20-3/h9H,5-8H2,1-4H3,(H,14,18). The number of amides is 1. The maximum atomic E-state index is 11.9. The fourth-order valence-electron chi connectivity index (χ4n) is 1.95. The van der Waals surface area contributed by atoms with Gasteiger partial charge in [0.25, 0.3) is 0 Å².